The van der Waals surface area contributed by atoms with Gasteiger partial charge in [0, 0.05) is 24.7 Å². The molecule has 1 aliphatic rings. The summed E-state index contributed by atoms with van der Waals surface area (Å²) in [7, 11) is 0. The Morgan fingerprint density at radius 2 is 1.78 bits per heavy atom. The van der Waals surface area contributed by atoms with Crippen LogP contribution in [0.25, 0.3) is 0 Å². The lowest BCUT2D eigenvalue weighted by Crippen LogP contribution is -2.48. The van der Waals surface area contributed by atoms with Crippen molar-refractivity contribution < 1.29 is 23.8 Å². The van der Waals surface area contributed by atoms with Gasteiger partial charge in [-0.15, -0.1) is 0 Å². The molecule has 1 amide bonds. The number of aliphatic hydroxyl groups is 2. The molecule has 0 aliphatic heterocycles. The molecule has 0 bridgehead atoms. The number of hydrogen-bond donors (Lipinski definition) is 4. The van der Waals surface area contributed by atoms with Crippen LogP contribution in [0.15, 0.2) is 60.7 Å². The average Bonchev–Trinajstić information content (AvgIpc) is 3.23. The highest BCUT2D eigenvalue weighted by Gasteiger charge is 2.25. The van der Waals surface area contributed by atoms with Gasteiger partial charge < -0.3 is 20.8 Å². The lowest BCUT2D eigenvalue weighted by Gasteiger charge is -2.25. The summed E-state index contributed by atoms with van der Waals surface area (Å²) in [6.45, 7) is 2.78. The van der Waals surface area contributed by atoms with E-state index in [4.69, 9.17) is 0 Å². The van der Waals surface area contributed by atoms with Crippen LogP contribution in [0, 0.1) is 11.6 Å². The van der Waals surface area contributed by atoms with Gasteiger partial charge >= 0.3 is 0 Å². The Kier molecular flexibility index (Phi) is 8.46. The molecule has 36 heavy (non-hydrogen) atoms. The molecule has 4 N–H and O–H groups in total. The quantitative estimate of drug-likeness (QED) is 0.344. The van der Waals surface area contributed by atoms with Crippen molar-refractivity contribution in [2.75, 3.05) is 6.54 Å². The number of hydrogen-bond acceptors (Lipinski definition) is 4. The van der Waals surface area contributed by atoms with E-state index < -0.39 is 35.8 Å². The number of amides is 1. The van der Waals surface area contributed by atoms with Crippen molar-refractivity contribution in [1.29, 1.82) is 0 Å². The molecule has 0 saturated heterocycles. The third kappa shape index (κ3) is 6.55. The molecule has 1 aliphatic carbocycles. The highest BCUT2D eigenvalue weighted by atomic mass is 19.1. The Bertz CT molecular complexity index is 1200. The van der Waals surface area contributed by atoms with Crippen molar-refractivity contribution in [3.05, 3.63) is 106 Å². The monoisotopic (exact) mass is 494 g/mol. The molecule has 190 valence electrons. The molecule has 5 nitrogen and oxygen atoms in total. The van der Waals surface area contributed by atoms with Crippen LogP contribution < -0.4 is 10.6 Å². The van der Waals surface area contributed by atoms with Crippen LogP contribution in [-0.4, -0.2) is 34.8 Å². The van der Waals surface area contributed by atoms with E-state index in [0.717, 1.165) is 35.6 Å². The van der Waals surface area contributed by atoms with Gasteiger partial charge in [-0.25, -0.2) is 8.78 Å². The van der Waals surface area contributed by atoms with Gasteiger partial charge in [0.1, 0.15) is 11.6 Å². The molecular weight excluding hydrogens is 462 g/mol. The average molecular weight is 495 g/mol. The second kappa shape index (κ2) is 11.7. The second-order valence-corrected chi connectivity index (χ2v) is 9.40. The molecule has 1 unspecified atom stereocenters. The van der Waals surface area contributed by atoms with Crippen LogP contribution >= 0.6 is 0 Å². The van der Waals surface area contributed by atoms with Gasteiger partial charge in [-0.3, -0.25) is 4.79 Å². The molecule has 0 fully saturated rings. The van der Waals surface area contributed by atoms with Crippen LogP contribution in [0.1, 0.15) is 57.6 Å². The van der Waals surface area contributed by atoms with E-state index in [1.807, 2.05) is 18.2 Å². The maximum Gasteiger partial charge on any atom is 0.251 e. The minimum Gasteiger partial charge on any atom is -0.390 e. The fraction of sp³-hybridized carbons (Fsp3) is 0.345. The number of benzene rings is 3. The molecule has 0 aromatic heterocycles. The van der Waals surface area contributed by atoms with Crippen molar-refractivity contribution in [3.8, 4) is 0 Å². The zero-order chi connectivity index (χ0) is 25.7. The summed E-state index contributed by atoms with van der Waals surface area (Å²) in [6, 6.07) is 15.7. The van der Waals surface area contributed by atoms with Crippen molar-refractivity contribution in [3.63, 3.8) is 0 Å². The Morgan fingerprint density at radius 1 is 1.03 bits per heavy atom. The zero-order valence-corrected chi connectivity index (χ0v) is 20.3. The summed E-state index contributed by atoms with van der Waals surface area (Å²) in [5.74, 6) is -1.86. The fourth-order valence-electron chi connectivity index (χ4n) is 4.71. The molecule has 4 rings (SSSR count). The van der Waals surface area contributed by atoms with Crippen LogP contribution in [0.4, 0.5) is 8.78 Å². The van der Waals surface area contributed by atoms with Crippen LogP contribution in [-0.2, 0) is 25.8 Å². The summed E-state index contributed by atoms with van der Waals surface area (Å²) in [5, 5.41) is 27.2. The van der Waals surface area contributed by atoms with Crippen molar-refractivity contribution in [2.24, 2.45) is 0 Å². The van der Waals surface area contributed by atoms with E-state index in [2.05, 4.69) is 29.7 Å². The number of rotatable bonds is 10. The molecular formula is C29H32F2N2O3. The van der Waals surface area contributed by atoms with Crippen LogP contribution in [0.2, 0.25) is 0 Å². The van der Waals surface area contributed by atoms with E-state index in [-0.39, 0.29) is 13.0 Å². The zero-order valence-electron chi connectivity index (χ0n) is 20.3. The van der Waals surface area contributed by atoms with Gasteiger partial charge in [0.2, 0.25) is 0 Å². The maximum atomic E-state index is 13.8. The van der Waals surface area contributed by atoms with Gasteiger partial charge in [-0.2, -0.15) is 0 Å². The molecule has 3 atom stereocenters. The van der Waals surface area contributed by atoms with Gasteiger partial charge in [-0.05, 0) is 77.8 Å². The summed E-state index contributed by atoms with van der Waals surface area (Å²) >= 11 is 0. The van der Waals surface area contributed by atoms with E-state index in [1.165, 1.54) is 17.7 Å². The molecule has 0 saturated carbocycles. The van der Waals surface area contributed by atoms with Crippen LogP contribution in [0.5, 0.6) is 0 Å². The summed E-state index contributed by atoms with van der Waals surface area (Å²) < 4.78 is 27.6. The molecule has 0 heterocycles. The minimum atomic E-state index is -1.02. The lowest BCUT2D eigenvalue weighted by atomic mass is 9.99. The van der Waals surface area contributed by atoms with Crippen molar-refractivity contribution in [1.82, 2.24) is 10.6 Å². The normalized spacial score (nSPS) is 16.4. The number of carbonyl (C=O) groups excluding carboxylic acids is 1. The first kappa shape index (κ1) is 25.9. The van der Waals surface area contributed by atoms with Gasteiger partial charge in [0.15, 0.2) is 0 Å². The van der Waals surface area contributed by atoms with Crippen molar-refractivity contribution >= 4 is 5.91 Å². The van der Waals surface area contributed by atoms with E-state index in [9.17, 15) is 23.8 Å². The molecule has 0 spiro atoms. The second-order valence-electron chi connectivity index (χ2n) is 9.40. The van der Waals surface area contributed by atoms with Crippen molar-refractivity contribution in [2.45, 2.75) is 57.4 Å². The summed E-state index contributed by atoms with van der Waals surface area (Å²) in [4.78, 5) is 13.1. The molecule has 0 radical (unpaired) electrons. The predicted molar refractivity (Wildman–Crippen MR) is 135 cm³/mol. The van der Waals surface area contributed by atoms with Gasteiger partial charge in [0.05, 0.1) is 18.2 Å². The topological polar surface area (TPSA) is 81.6 Å². The number of fused-ring (bicyclic) bond motifs is 1. The molecule has 3 aromatic rings. The minimum absolute atomic E-state index is 0.0438. The highest BCUT2D eigenvalue weighted by molar-refractivity contribution is 5.94. The standard InChI is InChI=1S/C29H32F2N2O3/c1-2-18-4-3-5-19(10-18)16-32-17-28(35)26(13-20-11-23(30)15-24(31)12-20)33-29(36)22-7-6-21-8-9-27(34)25(21)14-22/h3-7,10-12,14-15,26-28,32,34-35H,2,8-9,13,16-17H2,1H3,(H,33,36)/t26-,27?,28-/m0/s1. The number of nitrogens with one attached hydrogen (secondary N) is 2. The van der Waals surface area contributed by atoms with Gasteiger partial charge in [-0.1, -0.05) is 37.3 Å². The Morgan fingerprint density at radius 3 is 2.53 bits per heavy atom. The third-order valence-electron chi connectivity index (χ3n) is 6.70. The molecule has 7 heteroatoms. The van der Waals surface area contributed by atoms with E-state index in [1.54, 1.807) is 12.1 Å². The predicted octanol–water partition coefficient (Wildman–Crippen LogP) is 4.00. The first-order chi connectivity index (χ1) is 17.3. The highest BCUT2D eigenvalue weighted by Crippen LogP contribution is 2.31. The SMILES string of the molecule is CCc1cccc(CNC[C@H](O)[C@H](Cc2cc(F)cc(F)c2)NC(=O)c2ccc3c(c2)C(O)CC3)c1. The van der Waals surface area contributed by atoms with E-state index >= 15 is 0 Å². The Balaban J connectivity index is 1.47. The lowest BCUT2D eigenvalue weighted by molar-refractivity contribution is 0.0829. The Hall–Kier alpha value is -3.13. The number of halogens is 2. The first-order valence-electron chi connectivity index (χ1n) is 12.4. The number of aliphatic hydroxyl groups excluding tert-OH is 2. The Labute approximate surface area is 210 Å². The summed E-state index contributed by atoms with van der Waals surface area (Å²) in [6.07, 6.45) is 0.739. The smallest absolute Gasteiger partial charge is 0.251 e. The number of aryl methyl sites for hydroxylation is 2. The number of carbonyl (C=O) groups is 1. The first-order valence-corrected chi connectivity index (χ1v) is 12.4. The van der Waals surface area contributed by atoms with Crippen LogP contribution in [0.3, 0.4) is 0 Å². The third-order valence-corrected chi connectivity index (χ3v) is 6.70. The largest absolute Gasteiger partial charge is 0.390 e. The fourth-order valence-corrected chi connectivity index (χ4v) is 4.71. The summed E-state index contributed by atoms with van der Waals surface area (Å²) in [5.41, 5.74) is 4.74. The molecule has 3 aromatic carbocycles. The maximum absolute atomic E-state index is 13.8. The van der Waals surface area contributed by atoms with Gasteiger partial charge in [0.25, 0.3) is 5.91 Å². The van der Waals surface area contributed by atoms with E-state index in [0.29, 0.717) is 24.1 Å².